The highest BCUT2D eigenvalue weighted by Crippen LogP contribution is 2.25. The first kappa shape index (κ1) is 12.0. The molecule has 0 aromatic carbocycles. The van der Waals surface area contributed by atoms with Gasteiger partial charge in [-0.25, -0.2) is 14.8 Å². The molecule has 0 aliphatic carbocycles. The molecule has 0 amide bonds. The van der Waals surface area contributed by atoms with E-state index in [2.05, 4.69) is 15.3 Å². The summed E-state index contributed by atoms with van der Waals surface area (Å²) in [4.78, 5) is 19.3. The van der Waals surface area contributed by atoms with E-state index in [1.54, 1.807) is 11.3 Å². The van der Waals surface area contributed by atoms with E-state index in [-0.39, 0.29) is 10.9 Å². The number of hydrogen-bond acceptors (Lipinski definition) is 6. The Morgan fingerprint density at radius 3 is 2.88 bits per heavy atom. The fourth-order valence-electron chi connectivity index (χ4n) is 1.26. The van der Waals surface area contributed by atoms with E-state index in [0.717, 1.165) is 22.0 Å². The molecule has 0 aliphatic rings. The van der Waals surface area contributed by atoms with Gasteiger partial charge in [0.2, 0.25) is 0 Å². The third-order valence-corrected chi connectivity index (χ3v) is 4.13. The molecule has 0 fully saturated rings. The van der Waals surface area contributed by atoms with E-state index < -0.39 is 5.97 Å². The zero-order chi connectivity index (χ0) is 12.4. The summed E-state index contributed by atoms with van der Waals surface area (Å²) in [6.07, 6.45) is 1.36. The molecule has 0 saturated carbocycles. The van der Waals surface area contributed by atoms with Crippen molar-refractivity contribution in [2.45, 2.75) is 19.9 Å². The number of anilines is 1. The highest BCUT2D eigenvalue weighted by molar-refractivity contribution is 7.17. The van der Waals surface area contributed by atoms with Gasteiger partial charge >= 0.3 is 5.97 Å². The molecule has 5 nitrogen and oxygen atoms in total. The van der Waals surface area contributed by atoms with Crippen molar-refractivity contribution in [1.29, 1.82) is 0 Å². The van der Waals surface area contributed by atoms with E-state index >= 15 is 0 Å². The maximum Gasteiger partial charge on any atom is 0.347 e. The van der Waals surface area contributed by atoms with Gasteiger partial charge in [0.15, 0.2) is 5.13 Å². The number of hydrogen-bond donors (Lipinski definition) is 2. The van der Waals surface area contributed by atoms with Gasteiger partial charge in [0.25, 0.3) is 0 Å². The van der Waals surface area contributed by atoms with Gasteiger partial charge in [0, 0.05) is 11.1 Å². The van der Waals surface area contributed by atoms with E-state index in [0.29, 0.717) is 5.13 Å². The third kappa shape index (κ3) is 2.80. The predicted molar refractivity (Wildman–Crippen MR) is 68.0 cm³/mol. The molecule has 90 valence electrons. The van der Waals surface area contributed by atoms with Crippen molar-refractivity contribution < 1.29 is 9.90 Å². The summed E-state index contributed by atoms with van der Waals surface area (Å²) in [6, 6.07) is 0.0292. The molecule has 7 heteroatoms. The molecule has 0 aliphatic heterocycles. The van der Waals surface area contributed by atoms with Crippen LogP contribution in [0.5, 0.6) is 0 Å². The Bertz CT molecular complexity index is 535. The van der Waals surface area contributed by atoms with Crippen LogP contribution in [0.2, 0.25) is 0 Å². The maximum atomic E-state index is 10.7. The Balaban J connectivity index is 2.07. The van der Waals surface area contributed by atoms with E-state index in [1.165, 1.54) is 6.20 Å². The summed E-state index contributed by atoms with van der Waals surface area (Å²) in [5.74, 6) is -0.951. The Morgan fingerprint density at radius 2 is 2.35 bits per heavy atom. The number of aromatic nitrogens is 2. The lowest BCUT2D eigenvalue weighted by atomic mass is 10.4. The van der Waals surface area contributed by atoms with Gasteiger partial charge in [-0.3, -0.25) is 0 Å². The van der Waals surface area contributed by atoms with Crippen LogP contribution in [0.15, 0.2) is 11.6 Å². The maximum absolute atomic E-state index is 10.7. The second-order valence-electron chi connectivity index (χ2n) is 3.53. The largest absolute Gasteiger partial charge is 0.477 e. The monoisotopic (exact) mass is 269 g/mol. The predicted octanol–water partition coefficient (Wildman–Crippen LogP) is 2.78. The highest BCUT2D eigenvalue weighted by Gasteiger charge is 2.13. The van der Waals surface area contributed by atoms with Gasteiger partial charge in [-0.15, -0.1) is 11.3 Å². The van der Waals surface area contributed by atoms with Crippen molar-refractivity contribution in [1.82, 2.24) is 9.97 Å². The minimum absolute atomic E-state index is 0.0292. The molecule has 0 radical (unpaired) electrons. The number of nitrogens with zero attached hydrogens (tertiary/aromatic N) is 2. The first-order valence-corrected chi connectivity index (χ1v) is 6.63. The van der Waals surface area contributed by atoms with Crippen molar-refractivity contribution in [2.75, 3.05) is 5.32 Å². The number of aryl methyl sites for hydroxylation is 1. The van der Waals surface area contributed by atoms with Crippen LogP contribution >= 0.6 is 22.7 Å². The minimum Gasteiger partial charge on any atom is -0.477 e. The third-order valence-electron chi connectivity index (χ3n) is 2.06. The number of thiazole rings is 2. The van der Waals surface area contributed by atoms with E-state index in [9.17, 15) is 4.79 Å². The molecule has 0 spiro atoms. The number of carbonyl (C=O) groups is 1. The Hall–Kier alpha value is -1.47. The summed E-state index contributed by atoms with van der Waals surface area (Å²) in [5, 5.41) is 15.5. The van der Waals surface area contributed by atoms with Crippen LogP contribution in [-0.4, -0.2) is 21.0 Å². The van der Waals surface area contributed by atoms with Crippen LogP contribution in [0.4, 0.5) is 5.13 Å². The topological polar surface area (TPSA) is 75.1 Å². The lowest BCUT2D eigenvalue weighted by Gasteiger charge is -2.08. The van der Waals surface area contributed by atoms with Crippen LogP contribution in [-0.2, 0) is 0 Å². The Kier molecular flexibility index (Phi) is 3.39. The lowest BCUT2D eigenvalue weighted by molar-refractivity contribution is 0.0702. The van der Waals surface area contributed by atoms with Crippen LogP contribution in [0.1, 0.15) is 33.3 Å². The molecule has 2 heterocycles. The summed E-state index contributed by atoms with van der Waals surface area (Å²) in [7, 11) is 0. The summed E-state index contributed by atoms with van der Waals surface area (Å²) in [6.45, 7) is 3.92. The summed E-state index contributed by atoms with van der Waals surface area (Å²) in [5.41, 5.74) is 0.990. The number of carboxylic acid groups (broad SMARTS) is 1. The molecule has 2 N–H and O–H groups in total. The number of nitrogens with one attached hydrogen (secondary N) is 1. The van der Waals surface area contributed by atoms with Gasteiger partial charge in [-0.1, -0.05) is 11.3 Å². The first-order chi connectivity index (χ1) is 8.06. The molecule has 1 unspecified atom stereocenters. The van der Waals surface area contributed by atoms with Crippen LogP contribution in [0, 0.1) is 6.92 Å². The van der Waals surface area contributed by atoms with Crippen LogP contribution < -0.4 is 5.32 Å². The molecular weight excluding hydrogens is 258 g/mol. The lowest BCUT2D eigenvalue weighted by Crippen LogP contribution is -2.05. The highest BCUT2D eigenvalue weighted by atomic mass is 32.1. The van der Waals surface area contributed by atoms with Crippen molar-refractivity contribution in [3.8, 4) is 0 Å². The normalized spacial score (nSPS) is 12.4. The molecule has 17 heavy (non-hydrogen) atoms. The average molecular weight is 269 g/mol. The minimum atomic E-state index is -0.951. The number of aromatic carboxylic acids is 1. The fourth-order valence-corrected chi connectivity index (χ4v) is 2.80. The zero-order valence-corrected chi connectivity index (χ0v) is 10.9. The zero-order valence-electron chi connectivity index (χ0n) is 9.30. The van der Waals surface area contributed by atoms with Gasteiger partial charge < -0.3 is 10.4 Å². The van der Waals surface area contributed by atoms with Crippen molar-refractivity contribution in [2.24, 2.45) is 0 Å². The van der Waals surface area contributed by atoms with Gasteiger partial charge in [0.1, 0.15) is 9.88 Å². The Morgan fingerprint density at radius 1 is 1.59 bits per heavy atom. The number of carboxylic acids is 1. The first-order valence-electron chi connectivity index (χ1n) is 4.94. The molecule has 2 aromatic rings. The molecule has 0 bridgehead atoms. The second kappa shape index (κ2) is 4.80. The smallest absolute Gasteiger partial charge is 0.347 e. The molecule has 1 atom stereocenters. The molecule has 2 rings (SSSR count). The van der Waals surface area contributed by atoms with Crippen LogP contribution in [0.25, 0.3) is 0 Å². The van der Waals surface area contributed by atoms with Gasteiger partial charge in [0.05, 0.1) is 12.2 Å². The number of rotatable bonds is 4. The standard InChI is InChI=1S/C10H11N3O2S2/c1-5-4-16-8(12-5)6(2)13-10-11-3-7(17-10)9(14)15/h3-4,6H,1-2H3,(H,11,13)(H,14,15). The SMILES string of the molecule is Cc1csc(C(C)Nc2ncc(C(=O)O)s2)n1. The Labute approximate surface area is 106 Å². The summed E-state index contributed by atoms with van der Waals surface area (Å²) < 4.78 is 0. The average Bonchev–Trinajstić information content (AvgIpc) is 2.86. The van der Waals surface area contributed by atoms with Crippen molar-refractivity contribution >= 4 is 33.8 Å². The quantitative estimate of drug-likeness (QED) is 0.892. The van der Waals surface area contributed by atoms with E-state index in [1.807, 2.05) is 19.2 Å². The van der Waals surface area contributed by atoms with Crippen LogP contribution in [0.3, 0.4) is 0 Å². The molecular formula is C10H11N3O2S2. The summed E-state index contributed by atoms with van der Waals surface area (Å²) >= 11 is 2.70. The fraction of sp³-hybridized carbons (Fsp3) is 0.300. The van der Waals surface area contributed by atoms with E-state index in [4.69, 9.17) is 5.11 Å². The molecule has 2 aromatic heterocycles. The molecule has 0 saturated heterocycles. The second-order valence-corrected chi connectivity index (χ2v) is 5.45. The van der Waals surface area contributed by atoms with Gasteiger partial charge in [-0.05, 0) is 13.8 Å². The van der Waals surface area contributed by atoms with Gasteiger partial charge in [-0.2, -0.15) is 0 Å². The van der Waals surface area contributed by atoms with Crippen molar-refractivity contribution in [3.05, 3.63) is 27.2 Å². The van der Waals surface area contributed by atoms with Crippen molar-refractivity contribution in [3.63, 3.8) is 0 Å².